The summed E-state index contributed by atoms with van der Waals surface area (Å²) >= 11 is 0. The third kappa shape index (κ3) is 5.78. The summed E-state index contributed by atoms with van der Waals surface area (Å²) in [6.45, 7) is 3.37. The summed E-state index contributed by atoms with van der Waals surface area (Å²) in [6, 6.07) is 10.4. The highest BCUT2D eigenvalue weighted by Crippen LogP contribution is 2.38. The van der Waals surface area contributed by atoms with E-state index < -0.39 is 12.1 Å². The Kier molecular flexibility index (Phi) is 6.53. The molecule has 6 nitrogen and oxygen atoms in total. The predicted molar refractivity (Wildman–Crippen MR) is 107 cm³/mol. The van der Waals surface area contributed by atoms with Crippen molar-refractivity contribution in [2.75, 3.05) is 7.11 Å². The molecule has 2 aromatic carbocycles. The largest absolute Gasteiger partial charge is 0.573 e. The normalized spacial score (nSPS) is 12.3. The number of hydrogen-bond donors (Lipinski definition) is 1. The lowest BCUT2D eigenvalue weighted by molar-refractivity contribution is -0.274. The summed E-state index contributed by atoms with van der Waals surface area (Å²) in [7, 11) is 1.46. The minimum Gasteiger partial charge on any atom is -0.493 e. The van der Waals surface area contributed by atoms with Crippen LogP contribution in [-0.4, -0.2) is 29.5 Å². The number of halogens is 3. The molecule has 0 saturated heterocycles. The number of carbonyl (C=O) groups excluding carboxylic acids is 1. The van der Waals surface area contributed by atoms with Crippen LogP contribution < -0.4 is 14.2 Å². The number of nitrogens with one attached hydrogen (secondary N) is 1. The Morgan fingerprint density at radius 1 is 1.13 bits per heavy atom. The lowest BCUT2D eigenvalue weighted by Crippen LogP contribution is -2.17. The van der Waals surface area contributed by atoms with Gasteiger partial charge in [0.1, 0.15) is 17.3 Å². The molecule has 3 rings (SSSR count). The van der Waals surface area contributed by atoms with E-state index in [-0.39, 0.29) is 23.9 Å². The number of aromatic nitrogens is 2. The van der Waals surface area contributed by atoms with Gasteiger partial charge in [0.2, 0.25) is 0 Å². The van der Waals surface area contributed by atoms with Gasteiger partial charge in [0.15, 0.2) is 11.5 Å². The van der Waals surface area contributed by atoms with Gasteiger partial charge in [0, 0.05) is 30.2 Å². The third-order valence-electron chi connectivity index (χ3n) is 4.59. The number of ketones is 1. The second-order valence-electron chi connectivity index (χ2n) is 6.92. The van der Waals surface area contributed by atoms with E-state index in [1.165, 1.54) is 32.2 Å². The zero-order chi connectivity index (χ0) is 22.6. The van der Waals surface area contributed by atoms with Crippen LogP contribution in [0.3, 0.4) is 0 Å². The quantitative estimate of drug-likeness (QED) is 0.505. The highest BCUT2D eigenvalue weighted by Gasteiger charge is 2.31. The number of ether oxygens (including phenoxy) is 3. The van der Waals surface area contributed by atoms with Crippen LogP contribution in [-0.2, 0) is 4.79 Å². The Morgan fingerprint density at radius 2 is 1.87 bits per heavy atom. The number of aryl methyl sites for hydroxylation is 1. The van der Waals surface area contributed by atoms with Crippen LogP contribution in [0.5, 0.6) is 23.0 Å². The van der Waals surface area contributed by atoms with E-state index in [1.807, 2.05) is 6.92 Å². The Morgan fingerprint density at radius 3 is 2.48 bits per heavy atom. The third-order valence-corrected chi connectivity index (χ3v) is 4.59. The summed E-state index contributed by atoms with van der Waals surface area (Å²) in [4.78, 5) is 11.8. The molecule has 1 unspecified atom stereocenters. The van der Waals surface area contributed by atoms with Gasteiger partial charge in [-0.1, -0.05) is 12.1 Å². The first-order valence-electron chi connectivity index (χ1n) is 9.37. The Hall–Kier alpha value is -3.49. The number of benzene rings is 2. The summed E-state index contributed by atoms with van der Waals surface area (Å²) in [6.07, 6.45) is -2.76. The monoisotopic (exact) mass is 434 g/mol. The SMILES string of the molecule is COc1cc(C(CC(C)=O)c2c[nH]nc2C)ccc1Oc1cccc(OC(F)(F)F)c1. The number of methoxy groups -OCH3 is 1. The fourth-order valence-electron chi connectivity index (χ4n) is 3.26. The molecule has 0 amide bonds. The Bertz CT molecular complexity index is 1060. The van der Waals surface area contributed by atoms with Gasteiger partial charge in [-0.05, 0) is 43.7 Å². The lowest BCUT2D eigenvalue weighted by atomic mass is 9.87. The van der Waals surface area contributed by atoms with Crippen LogP contribution in [0.25, 0.3) is 0 Å². The number of H-pyrrole nitrogens is 1. The summed E-state index contributed by atoms with van der Waals surface area (Å²) in [5.74, 6) is 0.223. The standard InChI is InChI=1S/C22H21F3N2O4/c1-13(28)9-18(19-12-26-27-14(19)2)15-7-8-20(21(10-15)29-3)30-16-5-4-6-17(11-16)31-22(23,24)25/h4-8,10-12,18H,9H2,1-3H3,(H,26,27). The van der Waals surface area contributed by atoms with Gasteiger partial charge in [0.05, 0.1) is 12.8 Å². The molecule has 0 aliphatic heterocycles. The molecule has 9 heteroatoms. The van der Waals surface area contributed by atoms with E-state index in [4.69, 9.17) is 9.47 Å². The first kappa shape index (κ1) is 22.2. The maximum absolute atomic E-state index is 12.5. The van der Waals surface area contributed by atoms with E-state index in [9.17, 15) is 18.0 Å². The molecule has 3 aromatic rings. The summed E-state index contributed by atoms with van der Waals surface area (Å²) < 4.78 is 52.5. The number of carbonyl (C=O) groups is 1. The highest BCUT2D eigenvalue weighted by atomic mass is 19.4. The molecule has 164 valence electrons. The summed E-state index contributed by atoms with van der Waals surface area (Å²) in [5.41, 5.74) is 2.49. The van der Waals surface area contributed by atoms with E-state index in [0.717, 1.165) is 22.9 Å². The maximum atomic E-state index is 12.5. The fraction of sp³-hybridized carbons (Fsp3) is 0.273. The summed E-state index contributed by atoms with van der Waals surface area (Å²) in [5, 5.41) is 6.94. The molecule has 0 radical (unpaired) electrons. The molecule has 1 atom stereocenters. The predicted octanol–water partition coefficient (Wildman–Crippen LogP) is 5.53. The van der Waals surface area contributed by atoms with Crippen molar-refractivity contribution in [2.24, 2.45) is 0 Å². The van der Waals surface area contributed by atoms with Gasteiger partial charge in [-0.3, -0.25) is 9.89 Å². The second kappa shape index (κ2) is 9.11. The van der Waals surface area contributed by atoms with E-state index >= 15 is 0 Å². The maximum Gasteiger partial charge on any atom is 0.573 e. The van der Waals surface area contributed by atoms with Crippen LogP contribution >= 0.6 is 0 Å². The molecule has 31 heavy (non-hydrogen) atoms. The minimum atomic E-state index is -4.80. The van der Waals surface area contributed by atoms with Crippen LogP contribution in [0.2, 0.25) is 0 Å². The van der Waals surface area contributed by atoms with Crippen LogP contribution in [0.1, 0.15) is 36.1 Å². The van der Waals surface area contributed by atoms with E-state index in [0.29, 0.717) is 11.5 Å². The molecule has 0 aliphatic carbocycles. The van der Waals surface area contributed by atoms with Crippen molar-refractivity contribution < 1.29 is 32.2 Å². The van der Waals surface area contributed by atoms with Crippen LogP contribution in [0.15, 0.2) is 48.7 Å². The first-order valence-corrected chi connectivity index (χ1v) is 9.37. The average molecular weight is 434 g/mol. The van der Waals surface area contributed by atoms with Crippen molar-refractivity contribution in [3.05, 3.63) is 65.5 Å². The molecule has 0 spiro atoms. The number of alkyl halides is 3. The van der Waals surface area contributed by atoms with E-state index in [1.54, 1.807) is 24.4 Å². The van der Waals surface area contributed by atoms with Gasteiger partial charge in [-0.15, -0.1) is 13.2 Å². The van der Waals surface area contributed by atoms with Gasteiger partial charge in [-0.2, -0.15) is 5.10 Å². The van der Waals surface area contributed by atoms with E-state index in [2.05, 4.69) is 14.9 Å². The molecule has 0 bridgehead atoms. The van der Waals surface area contributed by atoms with Crippen LogP contribution in [0.4, 0.5) is 13.2 Å². The first-order chi connectivity index (χ1) is 14.7. The smallest absolute Gasteiger partial charge is 0.493 e. The molecule has 1 N–H and O–H groups in total. The number of Topliss-reactive ketones (excluding diaryl/α,β-unsaturated/α-hetero) is 1. The number of nitrogens with zero attached hydrogens (tertiary/aromatic N) is 1. The molecule has 0 fully saturated rings. The van der Waals surface area contributed by atoms with Crippen molar-refractivity contribution >= 4 is 5.78 Å². The molecular formula is C22H21F3N2O4. The molecule has 0 aliphatic rings. The lowest BCUT2D eigenvalue weighted by Gasteiger charge is -2.18. The number of rotatable bonds is 8. The number of hydrogen-bond acceptors (Lipinski definition) is 5. The molecule has 0 saturated carbocycles. The van der Waals surface area contributed by atoms with Gasteiger partial charge < -0.3 is 14.2 Å². The Labute approximate surface area is 176 Å². The topological polar surface area (TPSA) is 73.4 Å². The Balaban J connectivity index is 1.90. The fourth-order valence-corrected chi connectivity index (χ4v) is 3.26. The van der Waals surface area contributed by atoms with Gasteiger partial charge >= 0.3 is 6.36 Å². The van der Waals surface area contributed by atoms with Crippen molar-refractivity contribution in [1.82, 2.24) is 10.2 Å². The zero-order valence-corrected chi connectivity index (χ0v) is 17.1. The van der Waals surface area contributed by atoms with Gasteiger partial charge in [0.25, 0.3) is 0 Å². The van der Waals surface area contributed by atoms with Crippen molar-refractivity contribution in [2.45, 2.75) is 32.5 Å². The van der Waals surface area contributed by atoms with Gasteiger partial charge in [-0.25, -0.2) is 0 Å². The molecular weight excluding hydrogens is 413 g/mol. The van der Waals surface area contributed by atoms with Crippen LogP contribution in [0, 0.1) is 6.92 Å². The second-order valence-corrected chi connectivity index (χ2v) is 6.92. The van der Waals surface area contributed by atoms with Crippen molar-refractivity contribution in [1.29, 1.82) is 0 Å². The minimum absolute atomic E-state index is 0.0198. The number of aromatic amines is 1. The van der Waals surface area contributed by atoms with Crippen molar-refractivity contribution in [3.63, 3.8) is 0 Å². The molecule has 1 heterocycles. The molecule has 1 aromatic heterocycles. The van der Waals surface area contributed by atoms with Crippen molar-refractivity contribution in [3.8, 4) is 23.0 Å². The average Bonchev–Trinajstić information content (AvgIpc) is 3.11. The highest BCUT2D eigenvalue weighted by molar-refractivity contribution is 5.77. The zero-order valence-electron chi connectivity index (χ0n) is 17.1.